The zero-order valence-electron chi connectivity index (χ0n) is 11.9. The summed E-state index contributed by atoms with van der Waals surface area (Å²) in [5.41, 5.74) is 0.540. The Hall–Kier alpha value is -2.41. The van der Waals surface area contributed by atoms with Gasteiger partial charge in [-0.05, 0) is 24.4 Å². The maximum atomic E-state index is 13.5. The number of benzene rings is 2. The van der Waals surface area contributed by atoms with E-state index in [1.807, 2.05) is 0 Å². The first-order chi connectivity index (χ1) is 10.5. The van der Waals surface area contributed by atoms with Crippen LogP contribution in [0.15, 0.2) is 36.4 Å². The zero-order chi connectivity index (χ0) is 16.1. The van der Waals surface area contributed by atoms with Gasteiger partial charge in [-0.1, -0.05) is 0 Å². The molecule has 22 heavy (non-hydrogen) atoms. The minimum Gasteiger partial charge on any atom is -0.497 e. The summed E-state index contributed by atoms with van der Waals surface area (Å²) >= 11 is 5.09. The number of halogens is 2. The van der Waals surface area contributed by atoms with E-state index in [2.05, 4.69) is 10.6 Å². The highest BCUT2D eigenvalue weighted by Crippen LogP contribution is 2.26. The van der Waals surface area contributed by atoms with Crippen molar-refractivity contribution in [1.29, 1.82) is 0 Å². The van der Waals surface area contributed by atoms with Gasteiger partial charge in [-0.2, -0.15) is 0 Å². The lowest BCUT2D eigenvalue weighted by Crippen LogP contribution is -2.20. The highest BCUT2D eigenvalue weighted by Gasteiger charge is 2.07. The third-order valence-electron chi connectivity index (χ3n) is 2.79. The van der Waals surface area contributed by atoms with Crippen LogP contribution in [0.25, 0.3) is 0 Å². The van der Waals surface area contributed by atoms with E-state index in [4.69, 9.17) is 21.7 Å². The minimum absolute atomic E-state index is 0.0487. The molecule has 0 amide bonds. The SMILES string of the molecule is COc1cc(NC(=S)Nc2cc(F)ccc2F)cc(OC)c1. The van der Waals surface area contributed by atoms with Crippen LogP contribution >= 0.6 is 12.2 Å². The molecule has 2 N–H and O–H groups in total. The molecule has 0 heterocycles. The Morgan fingerprint density at radius 2 is 1.59 bits per heavy atom. The number of ether oxygens (including phenoxy) is 2. The molecule has 0 radical (unpaired) electrons. The molecule has 0 saturated heterocycles. The molecule has 2 aromatic carbocycles. The van der Waals surface area contributed by atoms with Crippen LogP contribution in [0.4, 0.5) is 20.2 Å². The summed E-state index contributed by atoms with van der Waals surface area (Å²) in [4.78, 5) is 0. The second-order valence-electron chi connectivity index (χ2n) is 4.30. The summed E-state index contributed by atoms with van der Waals surface area (Å²) in [7, 11) is 3.05. The number of thiocarbonyl (C=S) groups is 1. The van der Waals surface area contributed by atoms with Gasteiger partial charge in [0.25, 0.3) is 0 Å². The molecule has 0 spiro atoms. The Morgan fingerprint density at radius 1 is 0.955 bits per heavy atom. The normalized spacial score (nSPS) is 10.0. The van der Waals surface area contributed by atoms with Crippen LogP contribution in [0.5, 0.6) is 11.5 Å². The molecule has 2 aromatic rings. The highest BCUT2D eigenvalue weighted by atomic mass is 32.1. The molecule has 0 atom stereocenters. The Balaban J connectivity index is 2.13. The lowest BCUT2D eigenvalue weighted by molar-refractivity contribution is 0.395. The molecule has 0 fully saturated rings. The van der Waals surface area contributed by atoms with Crippen molar-refractivity contribution in [2.45, 2.75) is 0 Å². The van der Waals surface area contributed by atoms with E-state index in [0.29, 0.717) is 17.2 Å². The third-order valence-corrected chi connectivity index (χ3v) is 2.99. The Kier molecular flexibility index (Phi) is 5.11. The van der Waals surface area contributed by atoms with E-state index in [0.717, 1.165) is 18.2 Å². The lowest BCUT2D eigenvalue weighted by atomic mass is 10.2. The monoisotopic (exact) mass is 324 g/mol. The molecule has 0 unspecified atom stereocenters. The number of rotatable bonds is 4. The zero-order valence-corrected chi connectivity index (χ0v) is 12.8. The first-order valence-electron chi connectivity index (χ1n) is 6.28. The van der Waals surface area contributed by atoms with Crippen LogP contribution in [0.3, 0.4) is 0 Å². The quantitative estimate of drug-likeness (QED) is 0.838. The molecule has 0 aliphatic heterocycles. The lowest BCUT2D eigenvalue weighted by Gasteiger charge is -2.13. The van der Waals surface area contributed by atoms with Gasteiger partial charge in [-0.15, -0.1) is 0 Å². The van der Waals surface area contributed by atoms with Crippen LogP contribution in [0.2, 0.25) is 0 Å². The van der Waals surface area contributed by atoms with Gasteiger partial charge < -0.3 is 20.1 Å². The predicted molar refractivity (Wildman–Crippen MR) is 85.7 cm³/mol. The largest absolute Gasteiger partial charge is 0.497 e. The molecule has 0 bridgehead atoms. The Bertz CT molecular complexity index is 673. The van der Waals surface area contributed by atoms with Crippen LogP contribution < -0.4 is 20.1 Å². The Morgan fingerprint density at radius 3 is 2.18 bits per heavy atom. The summed E-state index contributed by atoms with van der Waals surface area (Å²) < 4.78 is 36.9. The molecule has 7 heteroatoms. The van der Waals surface area contributed by atoms with E-state index in [9.17, 15) is 8.78 Å². The number of methoxy groups -OCH3 is 2. The molecule has 4 nitrogen and oxygen atoms in total. The van der Waals surface area contributed by atoms with Crippen LogP contribution in [-0.2, 0) is 0 Å². The molecule has 2 rings (SSSR count). The van der Waals surface area contributed by atoms with Crippen molar-refractivity contribution in [3.8, 4) is 11.5 Å². The van der Waals surface area contributed by atoms with Crippen molar-refractivity contribution in [3.05, 3.63) is 48.0 Å². The van der Waals surface area contributed by atoms with Crippen LogP contribution in [0.1, 0.15) is 0 Å². The fraction of sp³-hybridized carbons (Fsp3) is 0.133. The topological polar surface area (TPSA) is 42.5 Å². The van der Waals surface area contributed by atoms with E-state index in [-0.39, 0.29) is 10.8 Å². The van der Waals surface area contributed by atoms with Gasteiger partial charge in [0.05, 0.1) is 19.9 Å². The summed E-state index contributed by atoms with van der Waals surface area (Å²) in [5, 5.41) is 5.57. The summed E-state index contributed by atoms with van der Waals surface area (Å²) in [5.74, 6) is -0.0216. The molecule has 116 valence electrons. The third kappa shape index (κ3) is 4.05. The summed E-state index contributed by atoms with van der Waals surface area (Å²) in [6.45, 7) is 0. The highest BCUT2D eigenvalue weighted by molar-refractivity contribution is 7.80. The van der Waals surface area contributed by atoms with Gasteiger partial charge in [0, 0.05) is 30.0 Å². The number of hydrogen-bond donors (Lipinski definition) is 2. The number of hydrogen-bond acceptors (Lipinski definition) is 3. The van der Waals surface area contributed by atoms with Gasteiger partial charge in [0.15, 0.2) is 5.11 Å². The minimum atomic E-state index is -0.603. The second kappa shape index (κ2) is 7.04. The van der Waals surface area contributed by atoms with Gasteiger partial charge in [0.2, 0.25) is 0 Å². The van der Waals surface area contributed by atoms with Crippen molar-refractivity contribution < 1.29 is 18.3 Å². The standard InChI is InChI=1S/C15H14F2N2O2S/c1-20-11-6-10(7-12(8-11)21-2)18-15(22)19-14-5-9(16)3-4-13(14)17/h3-8H,1-2H3,(H2,18,19,22). The van der Waals surface area contributed by atoms with Gasteiger partial charge in [-0.25, -0.2) is 8.78 Å². The first-order valence-corrected chi connectivity index (χ1v) is 6.69. The summed E-state index contributed by atoms with van der Waals surface area (Å²) in [6.07, 6.45) is 0. The number of nitrogens with one attached hydrogen (secondary N) is 2. The van der Waals surface area contributed by atoms with Gasteiger partial charge in [-0.3, -0.25) is 0 Å². The van der Waals surface area contributed by atoms with Gasteiger partial charge >= 0.3 is 0 Å². The fourth-order valence-corrected chi connectivity index (χ4v) is 1.99. The Labute approximate surface area is 132 Å². The average molecular weight is 324 g/mol. The predicted octanol–water partition coefficient (Wildman–Crippen LogP) is 3.79. The molecular weight excluding hydrogens is 310 g/mol. The van der Waals surface area contributed by atoms with Crippen molar-refractivity contribution in [2.75, 3.05) is 24.9 Å². The number of anilines is 2. The first kappa shape index (κ1) is 16.0. The maximum Gasteiger partial charge on any atom is 0.175 e. The van der Waals surface area contributed by atoms with E-state index < -0.39 is 11.6 Å². The van der Waals surface area contributed by atoms with E-state index in [1.54, 1.807) is 18.2 Å². The smallest absolute Gasteiger partial charge is 0.175 e. The molecule has 0 saturated carbocycles. The van der Waals surface area contributed by atoms with Gasteiger partial charge in [0.1, 0.15) is 23.1 Å². The molecule has 0 aliphatic rings. The second-order valence-corrected chi connectivity index (χ2v) is 4.71. The van der Waals surface area contributed by atoms with Crippen molar-refractivity contribution in [3.63, 3.8) is 0 Å². The van der Waals surface area contributed by atoms with E-state index in [1.165, 1.54) is 14.2 Å². The van der Waals surface area contributed by atoms with Crippen LogP contribution in [0, 0.1) is 11.6 Å². The van der Waals surface area contributed by atoms with Crippen molar-refractivity contribution >= 4 is 28.7 Å². The fourth-order valence-electron chi connectivity index (χ4n) is 1.76. The van der Waals surface area contributed by atoms with Crippen LogP contribution in [-0.4, -0.2) is 19.3 Å². The molecule has 0 aromatic heterocycles. The maximum absolute atomic E-state index is 13.5. The molecule has 0 aliphatic carbocycles. The van der Waals surface area contributed by atoms with E-state index >= 15 is 0 Å². The summed E-state index contributed by atoms with van der Waals surface area (Å²) in [6, 6.07) is 8.17. The van der Waals surface area contributed by atoms with Crippen molar-refractivity contribution in [1.82, 2.24) is 0 Å². The molecular formula is C15H14F2N2O2S. The average Bonchev–Trinajstić information content (AvgIpc) is 2.50. The van der Waals surface area contributed by atoms with Crippen molar-refractivity contribution in [2.24, 2.45) is 0 Å².